The van der Waals surface area contributed by atoms with E-state index in [1.54, 1.807) is 12.4 Å². The lowest BCUT2D eigenvalue weighted by Gasteiger charge is -2.05. The van der Waals surface area contributed by atoms with Crippen LogP contribution in [0.1, 0.15) is 27.7 Å². The normalized spacial score (nSPS) is 10.7. The van der Waals surface area contributed by atoms with Crippen molar-refractivity contribution >= 4 is 27.5 Å². The Labute approximate surface area is 137 Å². The second kappa shape index (κ2) is 6.70. The van der Waals surface area contributed by atoms with Gasteiger partial charge in [-0.25, -0.2) is 9.97 Å². The molecule has 3 aromatic heterocycles. The van der Waals surface area contributed by atoms with Crippen LogP contribution in [0.25, 0.3) is 10.2 Å². The monoisotopic (exact) mass is 328 g/mol. The Morgan fingerprint density at radius 3 is 2.83 bits per heavy atom. The Kier molecular flexibility index (Phi) is 4.47. The van der Waals surface area contributed by atoms with Crippen LogP contribution in [0.15, 0.2) is 30.9 Å². The van der Waals surface area contributed by atoms with Crippen molar-refractivity contribution in [2.24, 2.45) is 0 Å². The van der Waals surface area contributed by atoms with Crippen LogP contribution < -0.4 is 10.1 Å². The fraction of sp³-hybridized carbons (Fsp3) is 0.250. The van der Waals surface area contributed by atoms with Crippen molar-refractivity contribution in [1.82, 2.24) is 20.3 Å². The molecule has 3 aromatic rings. The van der Waals surface area contributed by atoms with E-state index >= 15 is 0 Å². The minimum Gasteiger partial charge on any atom is -0.477 e. The van der Waals surface area contributed by atoms with Gasteiger partial charge in [0.25, 0.3) is 5.91 Å². The molecule has 0 aliphatic heterocycles. The van der Waals surface area contributed by atoms with Crippen LogP contribution >= 0.6 is 11.3 Å². The van der Waals surface area contributed by atoms with Crippen molar-refractivity contribution in [3.8, 4) is 5.88 Å². The van der Waals surface area contributed by atoms with Gasteiger partial charge in [0, 0.05) is 18.9 Å². The van der Waals surface area contributed by atoms with E-state index in [2.05, 4.69) is 20.3 Å². The van der Waals surface area contributed by atoms with E-state index in [1.165, 1.54) is 17.7 Å². The van der Waals surface area contributed by atoms with Crippen molar-refractivity contribution in [3.63, 3.8) is 0 Å². The number of rotatable bonds is 5. The highest BCUT2D eigenvalue weighted by Crippen LogP contribution is 2.34. The fourth-order valence-corrected chi connectivity index (χ4v) is 3.32. The summed E-state index contributed by atoms with van der Waals surface area (Å²) in [5.74, 6) is 0.407. The van der Waals surface area contributed by atoms with Gasteiger partial charge in [-0.3, -0.25) is 9.78 Å². The Morgan fingerprint density at radius 1 is 1.30 bits per heavy atom. The molecule has 0 bridgehead atoms. The van der Waals surface area contributed by atoms with Gasteiger partial charge in [0.15, 0.2) is 0 Å². The average molecular weight is 328 g/mol. The molecule has 118 valence electrons. The van der Waals surface area contributed by atoms with E-state index in [9.17, 15) is 4.79 Å². The first-order valence-electron chi connectivity index (χ1n) is 7.24. The lowest BCUT2D eigenvalue weighted by atomic mass is 10.2. The van der Waals surface area contributed by atoms with Crippen molar-refractivity contribution in [3.05, 3.63) is 46.9 Å². The van der Waals surface area contributed by atoms with E-state index in [0.717, 1.165) is 21.3 Å². The highest BCUT2D eigenvalue weighted by Gasteiger charge is 2.19. The summed E-state index contributed by atoms with van der Waals surface area (Å²) in [6.07, 6.45) is 4.87. The number of hydrogen-bond acceptors (Lipinski definition) is 6. The number of carbonyl (C=O) groups excluding carboxylic acids is 1. The first kappa shape index (κ1) is 15.4. The highest BCUT2D eigenvalue weighted by atomic mass is 32.1. The number of hydrogen-bond donors (Lipinski definition) is 1. The lowest BCUT2D eigenvalue weighted by molar-refractivity contribution is 0.0954. The van der Waals surface area contributed by atoms with Gasteiger partial charge >= 0.3 is 0 Å². The van der Waals surface area contributed by atoms with Gasteiger partial charge < -0.3 is 10.1 Å². The Morgan fingerprint density at radius 2 is 2.09 bits per heavy atom. The van der Waals surface area contributed by atoms with E-state index in [4.69, 9.17) is 4.74 Å². The minimum absolute atomic E-state index is 0.121. The SMILES string of the molecule is CCOc1ncnc2sc(C(=O)NCc3ccncc3)c(C)c12. The molecule has 0 saturated heterocycles. The summed E-state index contributed by atoms with van der Waals surface area (Å²) in [7, 11) is 0. The molecule has 6 nitrogen and oxygen atoms in total. The third kappa shape index (κ3) is 3.14. The number of aromatic nitrogens is 3. The smallest absolute Gasteiger partial charge is 0.261 e. The van der Waals surface area contributed by atoms with E-state index in [0.29, 0.717) is 23.9 Å². The number of aryl methyl sites for hydroxylation is 1. The third-order valence-corrected chi connectivity index (χ3v) is 4.58. The van der Waals surface area contributed by atoms with Gasteiger partial charge in [-0.05, 0) is 37.1 Å². The van der Waals surface area contributed by atoms with Gasteiger partial charge in [-0.2, -0.15) is 0 Å². The zero-order chi connectivity index (χ0) is 16.2. The zero-order valence-corrected chi connectivity index (χ0v) is 13.7. The first-order valence-corrected chi connectivity index (χ1v) is 8.06. The predicted octanol–water partition coefficient (Wildman–Crippen LogP) is 2.72. The number of nitrogens with zero attached hydrogens (tertiary/aromatic N) is 3. The summed E-state index contributed by atoms with van der Waals surface area (Å²) in [5.41, 5.74) is 1.85. The van der Waals surface area contributed by atoms with Crippen molar-refractivity contribution < 1.29 is 9.53 Å². The molecular weight excluding hydrogens is 312 g/mol. The molecule has 0 unspecified atom stereocenters. The quantitative estimate of drug-likeness (QED) is 0.779. The van der Waals surface area contributed by atoms with Crippen molar-refractivity contribution in [2.45, 2.75) is 20.4 Å². The Bertz CT molecular complexity index is 833. The van der Waals surface area contributed by atoms with Gasteiger partial charge in [-0.15, -0.1) is 11.3 Å². The summed E-state index contributed by atoms with van der Waals surface area (Å²) < 4.78 is 5.54. The second-order valence-electron chi connectivity index (χ2n) is 4.89. The van der Waals surface area contributed by atoms with Crippen molar-refractivity contribution in [1.29, 1.82) is 0 Å². The standard InChI is InChI=1S/C16H16N4O2S/c1-3-22-15-12-10(2)13(23-16(12)20-9-19-15)14(21)18-8-11-4-6-17-7-5-11/h4-7,9H,3,8H2,1-2H3,(H,18,21). The molecule has 0 atom stereocenters. The average Bonchev–Trinajstić information content (AvgIpc) is 2.92. The minimum atomic E-state index is -0.121. The van der Waals surface area contributed by atoms with Crippen LogP contribution in [0, 0.1) is 6.92 Å². The molecule has 0 aliphatic carbocycles. The number of fused-ring (bicyclic) bond motifs is 1. The van der Waals surface area contributed by atoms with E-state index in [1.807, 2.05) is 26.0 Å². The molecule has 0 saturated carbocycles. The topological polar surface area (TPSA) is 77.0 Å². The number of amides is 1. The summed E-state index contributed by atoms with van der Waals surface area (Å²) >= 11 is 1.35. The van der Waals surface area contributed by atoms with Crippen LogP contribution in [0.5, 0.6) is 5.88 Å². The number of pyridine rings is 1. The molecule has 23 heavy (non-hydrogen) atoms. The number of ether oxygens (including phenoxy) is 1. The summed E-state index contributed by atoms with van der Waals surface area (Å²) in [5, 5.41) is 3.74. The predicted molar refractivity (Wildman–Crippen MR) is 88.7 cm³/mol. The Balaban J connectivity index is 1.86. The number of thiophene rings is 1. The molecule has 0 radical (unpaired) electrons. The zero-order valence-electron chi connectivity index (χ0n) is 12.9. The molecule has 3 heterocycles. The molecule has 0 aliphatic rings. The molecule has 0 aromatic carbocycles. The maximum atomic E-state index is 12.5. The van der Waals surface area contributed by atoms with E-state index < -0.39 is 0 Å². The first-order chi connectivity index (χ1) is 11.2. The van der Waals surface area contributed by atoms with Gasteiger partial charge in [0.05, 0.1) is 16.9 Å². The van der Waals surface area contributed by atoms with Crippen LogP contribution in [0.3, 0.4) is 0 Å². The molecular formula is C16H16N4O2S. The van der Waals surface area contributed by atoms with Crippen LogP contribution in [-0.4, -0.2) is 27.5 Å². The molecule has 3 rings (SSSR count). The summed E-state index contributed by atoms with van der Waals surface area (Å²) in [6, 6.07) is 3.74. The molecule has 1 amide bonds. The molecule has 7 heteroatoms. The van der Waals surface area contributed by atoms with E-state index in [-0.39, 0.29) is 5.91 Å². The number of nitrogens with one attached hydrogen (secondary N) is 1. The summed E-state index contributed by atoms with van der Waals surface area (Å²) in [4.78, 5) is 26.2. The summed E-state index contributed by atoms with van der Waals surface area (Å²) in [6.45, 7) is 4.77. The second-order valence-corrected chi connectivity index (χ2v) is 5.89. The van der Waals surface area contributed by atoms with Crippen molar-refractivity contribution in [2.75, 3.05) is 6.61 Å². The maximum absolute atomic E-state index is 12.5. The fourth-order valence-electron chi connectivity index (χ4n) is 2.27. The third-order valence-electron chi connectivity index (χ3n) is 3.38. The Hall–Kier alpha value is -2.54. The molecule has 0 fully saturated rings. The molecule has 0 spiro atoms. The largest absolute Gasteiger partial charge is 0.477 e. The van der Waals surface area contributed by atoms with Crippen LogP contribution in [-0.2, 0) is 6.54 Å². The highest BCUT2D eigenvalue weighted by molar-refractivity contribution is 7.20. The number of carbonyl (C=O) groups is 1. The van der Waals surface area contributed by atoms with Gasteiger partial charge in [0.1, 0.15) is 11.2 Å². The van der Waals surface area contributed by atoms with Gasteiger partial charge in [0.2, 0.25) is 5.88 Å². The van der Waals surface area contributed by atoms with Crippen LogP contribution in [0.2, 0.25) is 0 Å². The lowest BCUT2D eigenvalue weighted by Crippen LogP contribution is -2.22. The van der Waals surface area contributed by atoms with Crippen LogP contribution in [0.4, 0.5) is 0 Å². The molecule has 1 N–H and O–H groups in total. The van der Waals surface area contributed by atoms with Gasteiger partial charge in [-0.1, -0.05) is 0 Å². The maximum Gasteiger partial charge on any atom is 0.261 e.